The van der Waals surface area contributed by atoms with Crippen molar-refractivity contribution in [2.24, 2.45) is 0 Å². The van der Waals surface area contributed by atoms with E-state index in [2.05, 4.69) is 30.4 Å². The first-order valence-electron chi connectivity index (χ1n) is 11.7. The van der Waals surface area contributed by atoms with Gasteiger partial charge in [-0.25, -0.2) is 0 Å². The second kappa shape index (κ2) is 12.1. The number of hydrogen-bond acceptors (Lipinski definition) is 8. The number of pyridine rings is 1. The van der Waals surface area contributed by atoms with Crippen LogP contribution in [0.15, 0.2) is 60.8 Å². The maximum atomic E-state index is 13.3. The Bertz CT molecular complexity index is 1310. The molecule has 1 aromatic heterocycles. The van der Waals surface area contributed by atoms with Gasteiger partial charge in [-0.2, -0.15) is 11.8 Å². The van der Waals surface area contributed by atoms with E-state index in [1.165, 1.54) is 24.4 Å². The van der Waals surface area contributed by atoms with Crippen LogP contribution in [-0.2, 0) is 6.54 Å². The number of aromatic nitrogens is 1. The number of nitrogens with zero attached hydrogens (tertiary/aromatic N) is 1. The third-order valence-electron chi connectivity index (χ3n) is 5.60. The number of thioether (sulfide) groups is 1. The van der Waals surface area contributed by atoms with Crippen LogP contribution in [0, 0.1) is 0 Å². The monoisotopic (exact) mass is 544 g/mol. The fourth-order valence-corrected chi connectivity index (χ4v) is 4.21. The van der Waals surface area contributed by atoms with Gasteiger partial charge in [-0.15, -0.1) is 8.78 Å². The zero-order chi connectivity index (χ0) is 27.1. The van der Waals surface area contributed by atoms with Crippen LogP contribution in [0.2, 0.25) is 0 Å². The van der Waals surface area contributed by atoms with Gasteiger partial charge in [0, 0.05) is 30.2 Å². The summed E-state index contributed by atoms with van der Waals surface area (Å²) in [4.78, 5) is 29.7. The van der Waals surface area contributed by atoms with E-state index in [4.69, 9.17) is 0 Å². The molecular weight excluding hydrogens is 518 g/mol. The predicted molar refractivity (Wildman–Crippen MR) is 140 cm³/mol. The number of rotatable bonds is 11. The molecule has 0 spiro atoms. The van der Waals surface area contributed by atoms with Crippen molar-refractivity contribution < 1.29 is 33.0 Å². The highest BCUT2D eigenvalue weighted by molar-refractivity contribution is 7.98. The number of halogens is 2. The standard InChI is InChI=1S/C26H26F2N4O5S/c1-38-11-9-18(15-33)32-25(35)21-12-16(8-10-29-21)14-30-20-5-3-2-4-19(20)24(34)31-17-6-7-22-23(13-17)37-26(27,28)36-22/h2-8,10,12-13,18,30,33H,9,11,14-15H2,1H3,(H,31,34)(H,32,35)/t18-/m0/s1. The van der Waals surface area contributed by atoms with Crippen molar-refractivity contribution in [3.8, 4) is 11.5 Å². The van der Waals surface area contributed by atoms with E-state index in [-0.39, 0.29) is 41.4 Å². The summed E-state index contributed by atoms with van der Waals surface area (Å²) in [5.74, 6) is -0.332. The summed E-state index contributed by atoms with van der Waals surface area (Å²) >= 11 is 1.63. The Hall–Kier alpha value is -3.90. The van der Waals surface area contributed by atoms with Crippen molar-refractivity contribution in [2.75, 3.05) is 29.2 Å². The predicted octanol–water partition coefficient (Wildman–Crippen LogP) is 4.11. The Morgan fingerprint density at radius 2 is 1.87 bits per heavy atom. The second-order valence-corrected chi connectivity index (χ2v) is 9.35. The molecular formula is C26H26F2N4O5S. The Balaban J connectivity index is 1.40. The molecule has 12 heteroatoms. The van der Waals surface area contributed by atoms with Crippen LogP contribution in [0.5, 0.6) is 11.5 Å². The van der Waals surface area contributed by atoms with Crippen LogP contribution >= 0.6 is 11.8 Å². The van der Waals surface area contributed by atoms with Gasteiger partial charge in [-0.05, 0) is 60.4 Å². The van der Waals surface area contributed by atoms with Crippen molar-refractivity contribution in [1.29, 1.82) is 0 Å². The molecule has 1 aliphatic heterocycles. The molecule has 4 N–H and O–H groups in total. The molecule has 1 aliphatic rings. The number of benzene rings is 2. The molecule has 0 saturated carbocycles. The molecule has 38 heavy (non-hydrogen) atoms. The fraction of sp³-hybridized carbons (Fsp3) is 0.269. The van der Waals surface area contributed by atoms with Gasteiger partial charge in [0.1, 0.15) is 5.69 Å². The molecule has 4 rings (SSSR count). The zero-order valence-corrected chi connectivity index (χ0v) is 21.2. The molecule has 2 heterocycles. The highest BCUT2D eigenvalue weighted by Gasteiger charge is 2.43. The second-order valence-electron chi connectivity index (χ2n) is 8.37. The van der Waals surface area contributed by atoms with Gasteiger partial charge in [0.2, 0.25) is 0 Å². The van der Waals surface area contributed by atoms with Gasteiger partial charge in [0.05, 0.1) is 18.2 Å². The van der Waals surface area contributed by atoms with E-state index >= 15 is 0 Å². The van der Waals surface area contributed by atoms with Crippen molar-refractivity contribution in [1.82, 2.24) is 10.3 Å². The number of carbonyl (C=O) groups excluding carboxylic acids is 2. The average Bonchev–Trinajstić information content (AvgIpc) is 3.23. The number of para-hydroxylation sites is 1. The van der Waals surface area contributed by atoms with Gasteiger partial charge >= 0.3 is 6.29 Å². The number of nitrogens with one attached hydrogen (secondary N) is 3. The van der Waals surface area contributed by atoms with E-state index in [0.717, 1.165) is 11.3 Å². The van der Waals surface area contributed by atoms with Crippen LogP contribution in [0.1, 0.15) is 32.8 Å². The van der Waals surface area contributed by atoms with Crippen molar-refractivity contribution in [3.05, 3.63) is 77.6 Å². The van der Waals surface area contributed by atoms with Crippen LogP contribution in [-0.4, -0.2) is 52.9 Å². The molecule has 2 amide bonds. The first kappa shape index (κ1) is 27.1. The van der Waals surface area contributed by atoms with Gasteiger partial charge in [0.15, 0.2) is 11.5 Å². The number of carbonyl (C=O) groups is 2. The lowest BCUT2D eigenvalue weighted by Gasteiger charge is -2.16. The van der Waals surface area contributed by atoms with Gasteiger partial charge in [0.25, 0.3) is 11.8 Å². The quantitative estimate of drug-likeness (QED) is 0.285. The number of aliphatic hydroxyl groups is 1. The molecule has 0 saturated heterocycles. The van der Waals surface area contributed by atoms with Crippen molar-refractivity contribution in [2.45, 2.75) is 25.3 Å². The highest BCUT2D eigenvalue weighted by atomic mass is 32.2. The molecule has 0 unspecified atom stereocenters. The minimum atomic E-state index is -3.75. The minimum Gasteiger partial charge on any atom is -0.395 e. The summed E-state index contributed by atoms with van der Waals surface area (Å²) in [5, 5.41) is 18.2. The van der Waals surface area contributed by atoms with Crippen LogP contribution < -0.4 is 25.4 Å². The van der Waals surface area contributed by atoms with E-state index in [9.17, 15) is 23.5 Å². The third-order valence-corrected chi connectivity index (χ3v) is 6.24. The summed E-state index contributed by atoms with van der Waals surface area (Å²) in [6.07, 6.45) is 0.368. The number of aliphatic hydroxyl groups excluding tert-OH is 1. The number of alkyl halides is 2. The van der Waals surface area contributed by atoms with E-state index in [1.807, 2.05) is 6.26 Å². The average molecular weight is 545 g/mol. The Kier molecular flexibility index (Phi) is 8.64. The van der Waals surface area contributed by atoms with Crippen LogP contribution in [0.3, 0.4) is 0 Å². The molecule has 0 aliphatic carbocycles. The summed E-state index contributed by atoms with van der Waals surface area (Å²) < 4.78 is 35.4. The number of hydrogen-bond donors (Lipinski definition) is 4. The van der Waals surface area contributed by atoms with Gasteiger partial charge in [-0.3, -0.25) is 14.6 Å². The summed E-state index contributed by atoms with van der Waals surface area (Å²) in [5.41, 5.74) is 2.07. The topological polar surface area (TPSA) is 122 Å². The molecule has 200 valence electrons. The molecule has 9 nitrogen and oxygen atoms in total. The molecule has 2 aromatic carbocycles. The maximum Gasteiger partial charge on any atom is 0.586 e. The molecule has 3 aromatic rings. The normalized spacial score (nSPS) is 14.0. The Labute approximate surface area is 221 Å². The summed E-state index contributed by atoms with van der Waals surface area (Å²) in [6, 6.07) is 13.8. The zero-order valence-electron chi connectivity index (χ0n) is 20.4. The lowest BCUT2D eigenvalue weighted by Crippen LogP contribution is -2.38. The number of ether oxygens (including phenoxy) is 2. The van der Waals surface area contributed by atoms with E-state index in [1.54, 1.807) is 48.2 Å². The maximum absolute atomic E-state index is 13.3. The lowest BCUT2D eigenvalue weighted by molar-refractivity contribution is -0.286. The first-order valence-corrected chi connectivity index (χ1v) is 13.1. The molecule has 1 atom stereocenters. The third kappa shape index (κ3) is 6.90. The Morgan fingerprint density at radius 3 is 2.66 bits per heavy atom. The van der Waals surface area contributed by atoms with Crippen LogP contribution in [0.25, 0.3) is 0 Å². The molecule has 0 fully saturated rings. The van der Waals surface area contributed by atoms with Gasteiger partial charge in [-0.1, -0.05) is 12.1 Å². The highest BCUT2D eigenvalue weighted by Crippen LogP contribution is 2.42. The van der Waals surface area contributed by atoms with Crippen molar-refractivity contribution >= 4 is 35.0 Å². The first-order chi connectivity index (χ1) is 18.3. The smallest absolute Gasteiger partial charge is 0.395 e. The van der Waals surface area contributed by atoms with E-state index < -0.39 is 12.2 Å². The molecule has 0 bridgehead atoms. The minimum absolute atomic E-state index is 0.118. The number of fused-ring (bicyclic) bond motifs is 1. The largest absolute Gasteiger partial charge is 0.586 e. The fourth-order valence-electron chi connectivity index (χ4n) is 3.69. The summed E-state index contributed by atoms with van der Waals surface area (Å²) in [6.45, 7) is 0.132. The lowest BCUT2D eigenvalue weighted by atomic mass is 10.1. The molecule has 0 radical (unpaired) electrons. The summed E-state index contributed by atoms with van der Waals surface area (Å²) in [7, 11) is 0. The SMILES string of the molecule is CSCC[C@@H](CO)NC(=O)c1cc(CNc2ccccc2C(=O)Nc2ccc3c(c2)OC(F)(F)O3)ccn1. The number of anilines is 2. The Morgan fingerprint density at radius 1 is 1.08 bits per heavy atom. The van der Waals surface area contributed by atoms with Crippen LogP contribution in [0.4, 0.5) is 20.2 Å². The van der Waals surface area contributed by atoms with E-state index in [0.29, 0.717) is 24.2 Å². The number of amides is 2. The van der Waals surface area contributed by atoms with Crippen molar-refractivity contribution in [3.63, 3.8) is 0 Å². The van der Waals surface area contributed by atoms with Gasteiger partial charge < -0.3 is 30.5 Å².